The first-order valence-electron chi connectivity index (χ1n) is 6.58. The second kappa shape index (κ2) is 7.42. The molecule has 0 saturated carbocycles. The molecule has 0 aliphatic carbocycles. The minimum absolute atomic E-state index is 0. The minimum atomic E-state index is -3.64. The zero-order valence-electron chi connectivity index (χ0n) is 12.0. The molecule has 3 N–H and O–H groups in total. The lowest BCUT2D eigenvalue weighted by Gasteiger charge is -2.16. The Morgan fingerprint density at radius 3 is 2.67 bits per heavy atom. The first kappa shape index (κ1) is 18.2. The molecular weight excluding hydrogens is 316 g/mol. The summed E-state index contributed by atoms with van der Waals surface area (Å²) in [5.41, 5.74) is 0.764. The minimum Gasteiger partial charge on any atom is -0.494 e. The van der Waals surface area contributed by atoms with Gasteiger partial charge in [-0.05, 0) is 37.6 Å². The van der Waals surface area contributed by atoms with Gasteiger partial charge in [0.15, 0.2) is 0 Å². The van der Waals surface area contributed by atoms with Crippen LogP contribution in [0.15, 0.2) is 23.1 Å². The number of hydrogen-bond donors (Lipinski definition) is 3. The first-order chi connectivity index (χ1) is 9.44. The van der Waals surface area contributed by atoms with Crippen LogP contribution in [0, 0.1) is 6.92 Å². The maximum atomic E-state index is 12.3. The summed E-state index contributed by atoms with van der Waals surface area (Å²) < 4.78 is 32.4. The monoisotopic (exact) mass is 336 g/mol. The number of ether oxygens (including phenoxy) is 1. The number of β-amino-alcohol motifs (C(OH)–C–C–N with tert-alkyl or cyclic N) is 1. The molecule has 1 heterocycles. The van der Waals surface area contributed by atoms with E-state index in [1.807, 2.05) is 6.92 Å². The number of sulfonamides is 1. The van der Waals surface area contributed by atoms with Crippen molar-refractivity contribution in [1.29, 1.82) is 0 Å². The molecule has 120 valence electrons. The van der Waals surface area contributed by atoms with Crippen molar-refractivity contribution in [1.82, 2.24) is 10.0 Å². The molecule has 2 atom stereocenters. The summed E-state index contributed by atoms with van der Waals surface area (Å²) in [6.07, 6.45) is -0.700. The van der Waals surface area contributed by atoms with E-state index in [0.717, 1.165) is 5.56 Å². The van der Waals surface area contributed by atoms with Gasteiger partial charge in [-0.3, -0.25) is 0 Å². The number of aliphatic hydroxyl groups is 1. The Labute approximate surface area is 131 Å². The zero-order valence-corrected chi connectivity index (χ0v) is 13.6. The third-order valence-corrected chi connectivity index (χ3v) is 4.73. The first-order valence-corrected chi connectivity index (χ1v) is 8.07. The van der Waals surface area contributed by atoms with Crippen LogP contribution in [-0.4, -0.2) is 45.4 Å². The molecule has 1 fully saturated rings. The quantitative estimate of drug-likeness (QED) is 0.725. The predicted molar refractivity (Wildman–Crippen MR) is 82.6 cm³/mol. The van der Waals surface area contributed by atoms with Crippen LogP contribution in [0.25, 0.3) is 0 Å². The summed E-state index contributed by atoms with van der Waals surface area (Å²) in [7, 11) is -3.64. The fourth-order valence-electron chi connectivity index (χ4n) is 2.16. The number of halogens is 1. The van der Waals surface area contributed by atoms with Crippen molar-refractivity contribution in [2.75, 3.05) is 19.7 Å². The van der Waals surface area contributed by atoms with E-state index in [4.69, 9.17) is 4.74 Å². The number of nitrogens with one attached hydrogen (secondary N) is 2. The Hall–Kier alpha value is -0.860. The van der Waals surface area contributed by atoms with E-state index in [1.165, 1.54) is 6.07 Å². The van der Waals surface area contributed by atoms with E-state index in [0.29, 0.717) is 25.4 Å². The van der Waals surface area contributed by atoms with Crippen LogP contribution in [0.4, 0.5) is 0 Å². The topological polar surface area (TPSA) is 87.7 Å². The van der Waals surface area contributed by atoms with E-state index >= 15 is 0 Å². The van der Waals surface area contributed by atoms with Gasteiger partial charge in [0, 0.05) is 13.1 Å². The van der Waals surface area contributed by atoms with Crippen LogP contribution in [0.2, 0.25) is 0 Å². The normalized spacial score (nSPS) is 21.9. The van der Waals surface area contributed by atoms with Crippen molar-refractivity contribution in [3.63, 3.8) is 0 Å². The van der Waals surface area contributed by atoms with E-state index in [9.17, 15) is 13.5 Å². The van der Waals surface area contributed by atoms with Gasteiger partial charge in [0.2, 0.25) is 10.0 Å². The van der Waals surface area contributed by atoms with Crippen molar-refractivity contribution >= 4 is 22.4 Å². The van der Waals surface area contributed by atoms with Gasteiger partial charge in [-0.2, -0.15) is 0 Å². The Balaban J connectivity index is 0.00000220. The molecule has 2 rings (SSSR count). The van der Waals surface area contributed by atoms with Crippen LogP contribution < -0.4 is 14.8 Å². The second-order valence-electron chi connectivity index (χ2n) is 4.81. The molecule has 0 radical (unpaired) electrons. The third kappa shape index (κ3) is 4.31. The lowest BCUT2D eigenvalue weighted by Crippen LogP contribution is -2.42. The summed E-state index contributed by atoms with van der Waals surface area (Å²) >= 11 is 0. The summed E-state index contributed by atoms with van der Waals surface area (Å²) in [6.45, 7) is 5.03. The van der Waals surface area contributed by atoms with Crippen LogP contribution in [0.3, 0.4) is 0 Å². The average Bonchev–Trinajstić information content (AvgIpc) is 2.77. The molecule has 0 aromatic heterocycles. The van der Waals surface area contributed by atoms with E-state index in [1.54, 1.807) is 19.1 Å². The maximum absolute atomic E-state index is 12.3. The van der Waals surface area contributed by atoms with Crippen molar-refractivity contribution in [3.8, 4) is 5.75 Å². The molecule has 21 heavy (non-hydrogen) atoms. The number of aliphatic hydroxyl groups excluding tert-OH is 1. The highest BCUT2D eigenvalue weighted by Crippen LogP contribution is 2.22. The SMILES string of the molecule is CCOc1ccc(S(=O)(=O)N[C@@H]2CNC[C@H]2O)cc1C.Cl. The fourth-order valence-corrected chi connectivity index (χ4v) is 3.51. The molecular formula is C13H21ClN2O4S. The summed E-state index contributed by atoms with van der Waals surface area (Å²) in [6, 6.07) is 4.24. The smallest absolute Gasteiger partial charge is 0.240 e. The zero-order chi connectivity index (χ0) is 14.8. The van der Waals surface area contributed by atoms with Crippen LogP contribution in [-0.2, 0) is 10.0 Å². The molecule has 1 aliphatic heterocycles. The van der Waals surface area contributed by atoms with Gasteiger partial charge in [-0.15, -0.1) is 12.4 Å². The standard InChI is InChI=1S/C13H20N2O4S.ClH/c1-3-19-13-5-4-10(6-9(13)2)20(17,18)15-11-7-14-8-12(11)16;/h4-6,11-12,14-16H,3,7-8H2,1-2H3;1H/t11-,12-;/m1./s1. The molecule has 8 heteroatoms. The molecule has 1 saturated heterocycles. The van der Waals surface area contributed by atoms with E-state index in [2.05, 4.69) is 10.0 Å². The van der Waals surface area contributed by atoms with Crippen LogP contribution >= 0.6 is 12.4 Å². The van der Waals surface area contributed by atoms with Gasteiger partial charge in [-0.1, -0.05) is 0 Å². The molecule has 0 amide bonds. The van der Waals surface area contributed by atoms with Gasteiger partial charge in [0.05, 0.1) is 23.6 Å². The van der Waals surface area contributed by atoms with Crippen molar-refractivity contribution in [2.24, 2.45) is 0 Å². The fraction of sp³-hybridized carbons (Fsp3) is 0.538. The Morgan fingerprint density at radius 2 is 2.14 bits per heavy atom. The second-order valence-corrected chi connectivity index (χ2v) is 6.53. The Morgan fingerprint density at radius 1 is 1.43 bits per heavy atom. The molecule has 1 aromatic carbocycles. The lowest BCUT2D eigenvalue weighted by atomic mass is 10.2. The highest BCUT2D eigenvalue weighted by molar-refractivity contribution is 7.89. The van der Waals surface area contributed by atoms with Crippen LogP contribution in [0.1, 0.15) is 12.5 Å². The van der Waals surface area contributed by atoms with Crippen molar-refractivity contribution in [2.45, 2.75) is 30.9 Å². The number of benzene rings is 1. The van der Waals surface area contributed by atoms with Crippen molar-refractivity contribution < 1.29 is 18.3 Å². The van der Waals surface area contributed by atoms with Crippen LogP contribution in [0.5, 0.6) is 5.75 Å². The highest BCUT2D eigenvalue weighted by atomic mass is 35.5. The Kier molecular flexibility index (Phi) is 6.42. The third-order valence-electron chi connectivity index (χ3n) is 3.25. The summed E-state index contributed by atoms with van der Waals surface area (Å²) in [5, 5.41) is 12.6. The Bertz CT molecular complexity index is 580. The molecule has 0 bridgehead atoms. The van der Waals surface area contributed by atoms with E-state index in [-0.39, 0.29) is 17.3 Å². The number of hydrogen-bond acceptors (Lipinski definition) is 5. The largest absolute Gasteiger partial charge is 0.494 e. The molecule has 0 spiro atoms. The van der Waals surface area contributed by atoms with E-state index < -0.39 is 22.2 Å². The van der Waals surface area contributed by atoms with Gasteiger partial charge in [0.25, 0.3) is 0 Å². The maximum Gasteiger partial charge on any atom is 0.240 e. The van der Waals surface area contributed by atoms with Gasteiger partial charge in [0.1, 0.15) is 5.75 Å². The summed E-state index contributed by atoms with van der Waals surface area (Å²) in [4.78, 5) is 0.178. The molecule has 1 aliphatic rings. The molecule has 0 unspecified atom stereocenters. The number of rotatable bonds is 5. The summed E-state index contributed by atoms with van der Waals surface area (Å²) in [5.74, 6) is 0.675. The highest BCUT2D eigenvalue weighted by Gasteiger charge is 2.29. The predicted octanol–water partition coefficient (Wildman–Crippen LogP) is 0.427. The molecule has 1 aromatic rings. The molecule has 6 nitrogen and oxygen atoms in total. The van der Waals surface area contributed by atoms with Gasteiger partial charge in [-0.25, -0.2) is 13.1 Å². The van der Waals surface area contributed by atoms with Gasteiger partial charge >= 0.3 is 0 Å². The van der Waals surface area contributed by atoms with Crippen molar-refractivity contribution in [3.05, 3.63) is 23.8 Å². The number of aryl methyl sites for hydroxylation is 1. The lowest BCUT2D eigenvalue weighted by molar-refractivity contribution is 0.173. The van der Waals surface area contributed by atoms with Gasteiger partial charge < -0.3 is 15.2 Å². The average molecular weight is 337 g/mol.